The van der Waals surface area contributed by atoms with Crippen molar-refractivity contribution in [2.45, 2.75) is 18.6 Å². The number of anilines is 1. The first-order valence-electron chi connectivity index (χ1n) is 10.1. The Balaban J connectivity index is 1.49. The lowest BCUT2D eigenvalue weighted by molar-refractivity contribution is -0.118. The van der Waals surface area contributed by atoms with Gasteiger partial charge in [0, 0.05) is 19.6 Å². The minimum atomic E-state index is -0.342. The minimum absolute atomic E-state index is 0.102. The van der Waals surface area contributed by atoms with Gasteiger partial charge in [0.1, 0.15) is 5.82 Å². The number of rotatable bonds is 7. The lowest BCUT2D eigenvalue weighted by Crippen LogP contribution is -2.37. The third-order valence-electron chi connectivity index (χ3n) is 5.05. The number of aryl methyl sites for hydroxylation is 1. The molecule has 1 aliphatic heterocycles. The van der Waals surface area contributed by atoms with E-state index < -0.39 is 0 Å². The van der Waals surface area contributed by atoms with Crippen LogP contribution in [0.25, 0.3) is 5.69 Å². The number of hydrogen-bond acceptors (Lipinski definition) is 6. The predicted molar refractivity (Wildman–Crippen MR) is 118 cm³/mol. The fraction of sp³-hybridized carbons (Fsp3) is 0.318. The molecule has 1 N–H and O–H groups in total. The summed E-state index contributed by atoms with van der Waals surface area (Å²) in [5, 5.41) is 12.1. The van der Waals surface area contributed by atoms with Gasteiger partial charge < -0.3 is 15.0 Å². The summed E-state index contributed by atoms with van der Waals surface area (Å²) in [5.41, 5.74) is 2.84. The van der Waals surface area contributed by atoms with E-state index >= 15 is 0 Å². The van der Waals surface area contributed by atoms with Crippen molar-refractivity contribution >= 4 is 23.6 Å². The van der Waals surface area contributed by atoms with E-state index in [0.717, 1.165) is 11.1 Å². The van der Waals surface area contributed by atoms with Crippen molar-refractivity contribution in [3.05, 3.63) is 65.5 Å². The largest absolute Gasteiger partial charge is 0.378 e. The number of nitrogens with zero attached hydrogens (tertiary/aromatic N) is 4. The molecule has 0 radical (unpaired) electrons. The summed E-state index contributed by atoms with van der Waals surface area (Å²) in [4.78, 5) is 14.5. The fourth-order valence-corrected chi connectivity index (χ4v) is 4.13. The number of thioether (sulfide) groups is 1. The Morgan fingerprint density at radius 1 is 1.16 bits per heavy atom. The molecule has 1 saturated heterocycles. The number of nitrogens with one attached hydrogen (secondary N) is 1. The molecule has 31 heavy (non-hydrogen) atoms. The number of carbonyl (C=O) groups is 1. The Morgan fingerprint density at radius 2 is 1.97 bits per heavy atom. The first-order valence-corrected chi connectivity index (χ1v) is 11.1. The molecule has 1 aromatic heterocycles. The molecular formula is C22H24FN5O2S. The van der Waals surface area contributed by atoms with Crippen LogP contribution in [-0.4, -0.2) is 52.7 Å². The van der Waals surface area contributed by atoms with Gasteiger partial charge in [-0.05, 0) is 36.2 Å². The van der Waals surface area contributed by atoms with Gasteiger partial charge in [-0.2, -0.15) is 0 Å². The lowest BCUT2D eigenvalue weighted by Gasteiger charge is -2.27. The van der Waals surface area contributed by atoms with Crippen molar-refractivity contribution in [3.8, 4) is 5.69 Å². The number of aromatic nitrogens is 3. The van der Waals surface area contributed by atoms with E-state index in [1.165, 1.54) is 23.9 Å². The van der Waals surface area contributed by atoms with E-state index in [1.54, 1.807) is 16.7 Å². The Hall–Kier alpha value is -2.91. The van der Waals surface area contributed by atoms with Crippen LogP contribution in [0.5, 0.6) is 0 Å². The van der Waals surface area contributed by atoms with E-state index in [4.69, 9.17) is 4.74 Å². The van der Waals surface area contributed by atoms with Crippen LogP contribution in [-0.2, 0) is 16.1 Å². The summed E-state index contributed by atoms with van der Waals surface area (Å²) in [6.07, 6.45) is 0. The van der Waals surface area contributed by atoms with Gasteiger partial charge in [0.25, 0.3) is 0 Å². The zero-order valence-electron chi connectivity index (χ0n) is 17.3. The molecule has 1 amide bonds. The van der Waals surface area contributed by atoms with Crippen molar-refractivity contribution in [2.24, 2.45) is 0 Å². The highest BCUT2D eigenvalue weighted by Crippen LogP contribution is 2.27. The van der Waals surface area contributed by atoms with E-state index in [9.17, 15) is 9.18 Å². The highest BCUT2D eigenvalue weighted by Gasteiger charge is 2.22. The standard InChI is InChI=1S/C22H24FN5O2S/c1-16-5-2-3-6-17(16)14-24-20(29)15-31-22-26-25-21(27-9-11-30-12-10-27)28(22)19-8-4-7-18(23)13-19/h2-8,13H,9-12,14-15H2,1H3,(H,24,29). The van der Waals surface area contributed by atoms with Crippen LogP contribution in [0.3, 0.4) is 0 Å². The monoisotopic (exact) mass is 441 g/mol. The third-order valence-corrected chi connectivity index (χ3v) is 5.98. The van der Waals surface area contributed by atoms with Gasteiger partial charge in [0.15, 0.2) is 5.16 Å². The number of amides is 1. The van der Waals surface area contributed by atoms with Crippen molar-refractivity contribution in [1.82, 2.24) is 20.1 Å². The molecule has 162 valence electrons. The minimum Gasteiger partial charge on any atom is -0.378 e. The molecular weight excluding hydrogens is 417 g/mol. The van der Waals surface area contributed by atoms with E-state index in [-0.39, 0.29) is 17.5 Å². The number of halogens is 1. The molecule has 0 saturated carbocycles. The molecule has 9 heteroatoms. The molecule has 7 nitrogen and oxygen atoms in total. The van der Waals surface area contributed by atoms with Crippen LogP contribution in [0.4, 0.5) is 10.3 Å². The first-order chi connectivity index (χ1) is 15.1. The van der Waals surface area contributed by atoms with Gasteiger partial charge >= 0.3 is 0 Å². The van der Waals surface area contributed by atoms with Gasteiger partial charge in [-0.25, -0.2) is 4.39 Å². The van der Waals surface area contributed by atoms with Crippen LogP contribution >= 0.6 is 11.8 Å². The average Bonchev–Trinajstić information content (AvgIpc) is 3.22. The molecule has 2 aromatic carbocycles. The zero-order chi connectivity index (χ0) is 21.6. The first kappa shape index (κ1) is 21.3. The van der Waals surface area contributed by atoms with Crippen molar-refractivity contribution in [2.75, 3.05) is 37.0 Å². The smallest absolute Gasteiger partial charge is 0.232 e. The molecule has 0 bridgehead atoms. The molecule has 2 heterocycles. The molecule has 0 unspecified atom stereocenters. The third kappa shape index (κ3) is 5.23. The second-order valence-electron chi connectivity index (χ2n) is 7.19. The highest BCUT2D eigenvalue weighted by atomic mass is 32.2. The van der Waals surface area contributed by atoms with E-state index in [2.05, 4.69) is 20.4 Å². The number of morpholine rings is 1. The summed E-state index contributed by atoms with van der Waals surface area (Å²) in [7, 11) is 0. The molecule has 4 rings (SSSR count). The van der Waals surface area contributed by atoms with Crippen molar-refractivity contribution < 1.29 is 13.9 Å². The van der Waals surface area contributed by atoms with E-state index in [1.807, 2.05) is 31.2 Å². The van der Waals surface area contributed by atoms with Crippen LogP contribution in [0.15, 0.2) is 53.7 Å². The molecule has 0 spiro atoms. The quantitative estimate of drug-likeness (QED) is 0.569. The summed E-state index contributed by atoms with van der Waals surface area (Å²) >= 11 is 1.28. The second kappa shape index (κ2) is 9.93. The van der Waals surface area contributed by atoms with Gasteiger partial charge in [0.2, 0.25) is 11.9 Å². The Morgan fingerprint density at radius 3 is 2.74 bits per heavy atom. The summed E-state index contributed by atoms with van der Waals surface area (Å²) < 4.78 is 21.1. The summed E-state index contributed by atoms with van der Waals surface area (Å²) in [6.45, 7) is 5.04. The lowest BCUT2D eigenvalue weighted by atomic mass is 10.1. The normalized spacial score (nSPS) is 13.9. The Labute approximate surface area is 184 Å². The Kier molecular flexibility index (Phi) is 6.83. The molecule has 0 aliphatic carbocycles. The highest BCUT2D eigenvalue weighted by molar-refractivity contribution is 7.99. The van der Waals surface area contributed by atoms with Crippen LogP contribution < -0.4 is 10.2 Å². The second-order valence-corrected chi connectivity index (χ2v) is 8.13. The van der Waals surface area contributed by atoms with Gasteiger partial charge in [-0.3, -0.25) is 9.36 Å². The maximum absolute atomic E-state index is 13.9. The topological polar surface area (TPSA) is 72.3 Å². The molecule has 0 atom stereocenters. The maximum atomic E-state index is 13.9. The van der Waals surface area contributed by atoms with Crippen LogP contribution in [0.1, 0.15) is 11.1 Å². The van der Waals surface area contributed by atoms with Gasteiger partial charge in [-0.15, -0.1) is 10.2 Å². The van der Waals surface area contributed by atoms with Gasteiger partial charge in [-0.1, -0.05) is 42.1 Å². The van der Waals surface area contributed by atoms with Crippen LogP contribution in [0.2, 0.25) is 0 Å². The predicted octanol–water partition coefficient (Wildman–Crippen LogP) is 2.96. The zero-order valence-corrected chi connectivity index (χ0v) is 18.1. The van der Waals surface area contributed by atoms with Crippen molar-refractivity contribution in [3.63, 3.8) is 0 Å². The molecule has 1 fully saturated rings. The maximum Gasteiger partial charge on any atom is 0.232 e. The fourth-order valence-electron chi connectivity index (χ4n) is 3.35. The summed E-state index contributed by atoms with van der Waals surface area (Å²) in [5.74, 6) is 0.361. The molecule has 3 aromatic rings. The molecule has 1 aliphatic rings. The number of hydrogen-bond donors (Lipinski definition) is 1. The van der Waals surface area contributed by atoms with Gasteiger partial charge in [0.05, 0.1) is 24.7 Å². The SMILES string of the molecule is Cc1ccccc1CNC(=O)CSc1nnc(N2CCOCC2)n1-c1cccc(F)c1. The number of carbonyl (C=O) groups excluding carboxylic acids is 1. The number of benzene rings is 2. The Bertz CT molecular complexity index is 1050. The van der Waals surface area contributed by atoms with E-state index in [0.29, 0.717) is 49.6 Å². The van der Waals surface area contributed by atoms with Crippen molar-refractivity contribution in [1.29, 1.82) is 0 Å². The number of ether oxygens (including phenoxy) is 1. The average molecular weight is 442 g/mol. The van der Waals surface area contributed by atoms with Crippen LogP contribution in [0, 0.1) is 12.7 Å². The summed E-state index contributed by atoms with van der Waals surface area (Å²) in [6, 6.07) is 14.2.